The van der Waals surface area contributed by atoms with E-state index in [1.807, 2.05) is 44.2 Å². The topological polar surface area (TPSA) is 20.2 Å². The van der Waals surface area contributed by atoms with Crippen LogP contribution in [-0.4, -0.2) is 5.11 Å². The van der Waals surface area contributed by atoms with E-state index >= 15 is 0 Å². The number of rotatable bonds is 4. The minimum absolute atomic E-state index is 0.0269. The van der Waals surface area contributed by atoms with Crippen LogP contribution in [0.4, 0.5) is 4.39 Å². The van der Waals surface area contributed by atoms with Gasteiger partial charge in [-0.05, 0) is 54.7 Å². The van der Waals surface area contributed by atoms with Crippen LogP contribution in [0.1, 0.15) is 47.6 Å². The molecular weight excluding hydrogens is 251 g/mol. The predicted octanol–water partition coefficient (Wildman–Crippen LogP) is 4.67. The Morgan fingerprint density at radius 1 is 1.05 bits per heavy atom. The van der Waals surface area contributed by atoms with Crippen molar-refractivity contribution in [3.8, 4) is 0 Å². The second-order valence-electron chi connectivity index (χ2n) is 5.32. The Bertz CT molecular complexity index is 554. The molecule has 106 valence electrons. The Balaban J connectivity index is 2.42. The zero-order chi connectivity index (χ0) is 14.7. The summed E-state index contributed by atoms with van der Waals surface area (Å²) in [6.45, 7) is 5.77. The van der Waals surface area contributed by atoms with Crippen LogP contribution in [0.3, 0.4) is 0 Å². The first-order chi connectivity index (χ1) is 9.54. The third-order valence-corrected chi connectivity index (χ3v) is 3.90. The van der Waals surface area contributed by atoms with Crippen LogP contribution in [0.2, 0.25) is 0 Å². The number of benzene rings is 2. The van der Waals surface area contributed by atoms with Crippen LogP contribution in [0.5, 0.6) is 0 Å². The molecular formula is C18H21FO. The summed E-state index contributed by atoms with van der Waals surface area (Å²) in [5.74, 6) is -0.220. The van der Waals surface area contributed by atoms with E-state index in [1.165, 1.54) is 12.1 Å². The van der Waals surface area contributed by atoms with Gasteiger partial charge in [-0.3, -0.25) is 0 Å². The van der Waals surface area contributed by atoms with Crippen molar-refractivity contribution in [1.29, 1.82) is 0 Å². The molecule has 2 aromatic rings. The predicted molar refractivity (Wildman–Crippen MR) is 80.3 cm³/mol. The zero-order valence-electron chi connectivity index (χ0n) is 12.2. The number of aryl methyl sites for hydroxylation is 2. The highest BCUT2D eigenvalue weighted by Crippen LogP contribution is 2.36. The lowest BCUT2D eigenvalue weighted by molar-refractivity contribution is 0.141. The standard InChI is InChI=1S/C18H21FO/c1-4-16(14-8-6-5-7-9-14)18(20)17-12(2)10-15(19)11-13(17)3/h5-11,16,18,20H,4H2,1-3H3. The van der Waals surface area contributed by atoms with Crippen molar-refractivity contribution in [3.05, 3.63) is 70.5 Å². The summed E-state index contributed by atoms with van der Waals surface area (Å²) in [6, 6.07) is 13.0. The van der Waals surface area contributed by atoms with Gasteiger partial charge in [0.05, 0.1) is 6.10 Å². The van der Waals surface area contributed by atoms with Gasteiger partial charge in [0.2, 0.25) is 0 Å². The SMILES string of the molecule is CCC(c1ccccc1)C(O)c1c(C)cc(F)cc1C. The lowest BCUT2D eigenvalue weighted by atomic mass is 9.84. The molecule has 0 aliphatic heterocycles. The first-order valence-electron chi connectivity index (χ1n) is 7.04. The Hall–Kier alpha value is -1.67. The molecule has 2 unspecified atom stereocenters. The molecule has 0 aliphatic carbocycles. The van der Waals surface area contributed by atoms with E-state index in [1.54, 1.807) is 0 Å². The van der Waals surface area contributed by atoms with Gasteiger partial charge < -0.3 is 5.11 Å². The molecule has 0 saturated heterocycles. The minimum Gasteiger partial charge on any atom is -0.388 e. The molecule has 1 nitrogen and oxygen atoms in total. The monoisotopic (exact) mass is 272 g/mol. The summed E-state index contributed by atoms with van der Waals surface area (Å²) < 4.78 is 13.4. The molecule has 0 saturated carbocycles. The number of aliphatic hydroxyl groups excluding tert-OH is 1. The van der Waals surface area contributed by atoms with Crippen molar-refractivity contribution in [2.75, 3.05) is 0 Å². The van der Waals surface area contributed by atoms with Gasteiger partial charge in [0, 0.05) is 5.92 Å². The van der Waals surface area contributed by atoms with Crippen molar-refractivity contribution in [1.82, 2.24) is 0 Å². The van der Waals surface area contributed by atoms with Crippen LogP contribution in [0.25, 0.3) is 0 Å². The lowest BCUT2D eigenvalue weighted by Gasteiger charge is -2.25. The molecule has 0 aliphatic rings. The second kappa shape index (κ2) is 6.19. The van der Waals surface area contributed by atoms with E-state index < -0.39 is 6.10 Å². The van der Waals surface area contributed by atoms with Gasteiger partial charge in [0.25, 0.3) is 0 Å². The molecule has 1 N–H and O–H groups in total. The zero-order valence-corrected chi connectivity index (χ0v) is 12.2. The van der Waals surface area contributed by atoms with E-state index in [4.69, 9.17) is 0 Å². The summed E-state index contributed by atoms with van der Waals surface area (Å²) in [7, 11) is 0. The van der Waals surface area contributed by atoms with Crippen LogP contribution in [0.15, 0.2) is 42.5 Å². The highest BCUT2D eigenvalue weighted by Gasteiger charge is 2.24. The highest BCUT2D eigenvalue weighted by atomic mass is 19.1. The van der Waals surface area contributed by atoms with E-state index in [-0.39, 0.29) is 11.7 Å². The lowest BCUT2D eigenvalue weighted by Crippen LogP contribution is -2.13. The van der Waals surface area contributed by atoms with E-state index in [2.05, 4.69) is 6.92 Å². The number of aliphatic hydroxyl groups is 1. The van der Waals surface area contributed by atoms with Gasteiger partial charge in [0.15, 0.2) is 0 Å². The molecule has 0 fully saturated rings. The van der Waals surface area contributed by atoms with E-state index in [0.717, 1.165) is 28.7 Å². The van der Waals surface area contributed by atoms with E-state index in [9.17, 15) is 9.50 Å². The largest absolute Gasteiger partial charge is 0.388 e. The quantitative estimate of drug-likeness (QED) is 0.857. The Kier molecular flexibility index (Phi) is 4.56. The van der Waals surface area contributed by atoms with Gasteiger partial charge >= 0.3 is 0 Å². The first kappa shape index (κ1) is 14.7. The molecule has 0 amide bonds. The minimum atomic E-state index is -0.608. The fourth-order valence-electron chi connectivity index (χ4n) is 2.93. The molecule has 0 heterocycles. The smallest absolute Gasteiger partial charge is 0.123 e. The molecule has 20 heavy (non-hydrogen) atoms. The molecule has 0 bridgehead atoms. The van der Waals surface area contributed by atoms with Gasteiger partial charge in [-0.25, -0.2) is 4.39 Å². The van der Waals surface area contributed by atoms with Crippen molar-refractivity contribution in [2.24, 2.45) is 0 Å². The maximum Gasteiger partial charge on any atom is 0.123 e. The van der Waals surface area contributed by atoms with Crippen LogP contribution >= 0.6 is 0 Å². The van der Waals surface area contributed by atoms with Crippen molar-refractivity contribution in [2.45, 2.75) is 39.2 Å². The molecule has 2 atom stereocenters. The second-order valence-corrected chi connectivity index (χ2v) is 5.32. The molecule has 0 spiro atoms. The molecule has 2 rings (SSSR count). The number of halogens is 1. The summed E-state index contributed by atoms with van der Waals surface area (Å²) >= 11 is 0. The highest BCUT2D eigenvalue weighted by molar-refractivity contribution is 5.38. The van der Waals surface area contributed by atoms with Gasteiger partial charge in [-0.2, -0.15) is 0 Å². The molecule has 0 aromatic heterocycles. The third-order valence-electron chi connectivity index (χ3n) is 3.90. The number of hydrogen-bond donors (Lipinski definition) is 1. The van der Waals surface area contributed by atoms with Gasteiger partial charge in [0.1, 0.15) is 5.82 Å². The van der Waals surface area contributed by atoms with Crippen LogP contribution in [-0.2, 0) is 0 Å². The maximum atomic E-state index is 13.4. The maximum absolute atomic E-state index is 13.4. The molecule has 0 radical (unpaired) electrons. The third kappa shape index (κ3) is 2.91. The fraction of sp³-hybridized carbons (Fsp3) is 0.333. The summed E-state index contributed by atoms with van der Waals surface area (Å²) in [5.41, 5.74) is 3.58. The summed E-state index contributed by atoms with van der Waals surface area (Å²) in [5, 5.41) is 10.8. The Morgan fingerprint density at radius 2 is 1.60 bits per heavy atom. The molecule has 2 heteroatoms. The number of hydrogen-bond acceptors (Lipinski definition) is 1. The van der Waals surface area contributed by atoms with Gasteiger partial charge in [-0.1, -0.05) is 37.3 Å². The molecule has 2 aromatic carbocycles. The summed E-state index contributed by atoms with van der Waals surface area (Å²) in [4.78, 5) is 0. The first-order valence-corrected chi connectivity index (χ1v) is 7.04. The van der Waals surface area contributed by atoms with Crippen LogP contribution in [0, 0.1) is 19.7 Å². The van der Waals surface area contributed by atoms with Crippen molar-refractivity contribution < 1.29 is 9.50 Å². The van der Waals surface area contributed by atoms with Crippen LogP contribution < -0.4 is 0 Å². The van der Waals surface area contributed by atoms with Crippen molar-refractivity contribution in [3.63, 3.8) is 0 Å². The van der Waals surface area contributed by atoms with Crippen molar-refractivity contribution >= 4 is 0 Å². The fourth-order valence-corrected chi connectivity index (χ4v) is 2.93. The average Bonchev–Trinajstić information content (AvgIpc) is 2.39. The Labute approximate surface area is 120 Å². The normalized spacial score (nSPS) is 14.1. The Morgan fingerprint density at radius 3 is 2.10 bits per heavy atom. The van der Waals surface area contributed by atoms with E-state index in [0.29, 0.717) is 0 Å². The van der Waals surface area contributed by atoms with Gasteiger partial charge in [-0.15, -0.1) is 0 Å². The summed E-state index contributed by atoms with van der Waals surface area (Å²) in [6.07, 6.45) is 0.226. The average molecular weight is 272 g/mol.